The molecule has 0 spiro atoms. The van der Waals surface area contributed by atoms with Crippen LogP contribution in [0.4, 0.5) is 0 Å². The van der Waals surface area contributed by atoms with Crippen LogP contribution in [0.2, 0.25) is 15.1 Å². The topological polar surface area (TPSA) is 48.2 Å². The van der Waals surface area contributed by atoms with E-state index < -0.39 is 6.10 Å². The predicted octanol–water partition coefficient (Wildman–Crippen LogP) is 6.46. The molecule has 8 heteroatoms. The normalized spacial score (nSPS) is 12.2. The summed E-state index contributed by atoms with van der Waals surface area (Å²) in [5, 5.41) is 10.2. The van der Waals surface area contributed by atoms with Crippen molar-refractivity contribution in [2.24, 2.45) is 0 Å². The molecule has 2 aromatic carbocycles. The van der Waals surface area contributed by atoms with E-state index in [2.05, 4.69) is 10.2 Å². The molecule has 4 nitrogen and oxygen atoms in total. The second-order valence-corrected chi connectivity index (χ2v) is 7.36. The molecule has 0 radical (unpaired) electrons. The molecule has 0 fully saturated rings. The van der Waals surface area contributed by atoms with Crippen LogP contribution in [-0.2, 0) is 5.75 Å². The zero-order valence-electron chi connectivity index (χ0n) is 13.1. The summed E-state index contributed by atoms with van der Waals surface area (Å²) in [6, 6.07) is 12.6. The predicted molar refractivity (Wildman–Crippen MR) is 101 cm³/mol. The fourth-order valence-corrected chi connectivity index (χ4v) is 3.28. The first-order valence-electron chi connectivity index (χ1n) is 7.33. The molecule has 130 valence electrons. The highest BCUT2D eigenvalue weighted by Crippen LogP contribution is 2.32. The zero-order chi connectivity index (χ0) is 17.8. The summed E-state index contributed by atoms with van der Waals surface area (Å²) in [7, 11) is 0. The molecule has 0 saturated heterocycles. The lowest BCUT2D eigenvalue weighted by Crippen LogP contribution is -2.03. The van der Waals surface area contributed by atoms with Gasteiger partial charge in [-0.1, -0.05) is 58.7 Å². The Hall–Kier alpha value is -1.40. The van der Waals surface area contributed by atoms with Gasteiger partial charge in [-0.15, -0.1) is 10.2 Å². The van der Waals surface area contributed by atoms with E-state index in [1.807, 2.05) is 31.2 Å². The van der Waals surface area contributed by atoms with E-state index in [1.165, 1.54) is 11.8 Å². The van der Waals surface area contributed by atoms with Gasteiger partial charge in [-0.25, -0.2) is 0 Å². The van der Waals surface area contributed by atoms with Crippen molar-refractivity contribution in [2.45, 2.75) is 24.0 Å². The van der Waals surface area contributed by atoms with E-state index in [9.17, 15) is 0 Å². The van der Waals surface area contributed by atoms with Gasteiger partial charge in [0.25, 0.3) is 11.1 Å². The van der Waals surface area contributed by atoms with Crippen molar-refractivity contribution in [2.75, 3.05) is 0 Å². The van der Waals surface area contributed by atoms with Crippen molar-refractivity contribution in [1.82, 2.24) is 10.2 Å². The summed E-state index contributed by atoms with van der Waals surface area (Å²) < 4.78 is 11.4. The number of benzene rings is 2. The maximum atomic E-state index is 6.11. The van der Waals surface area contributed by atoms with Gasteiger partial charge in [0, 0.05) is 15.8 Å². The molecular formula is C17H13Cl3N2O2S. The van der Waals surface area contributed by atoms with Gasteiger partial charge in [-0.2, -0.15) is 0 Å². The van der Waals surface area contributed by atoms with Crippen LogP contribution in [0.5, 0.6) is 5.75 Å². The highest BCUT2D eigenvalue weighted by Gasteiger charge is 2.17. The van der Waals surface area contributed by atoms with Crippen molar-refractivity contribution in [3.8, 4) is 5.75 Å². The van der Waals surface area contributed by atoms with E-state index in [0.29, 0.717) is 37.7 Å². The fourth-order valence-electron chi connectivity index (χ4n) is 1.98. The molecule has 0 unspecified atom stereocenters. The Morgan fingerprint density at radius 3 is 2.48 bits per heavy atom. The molecule has 0 bridgehead atoms. The molecule has 0 aliphatic heterocycles. The van der Waals surface area contributed by atoms with Crippen molar-refractivity contribution < 1.29 is 9.15 Å². The average molecular weight is 416 g/mol. The summed E-state index contributed by atoms with van der Waals surface area (Å²) in [6.45, 7) is 1.81. The molecule has 0 aliphatic carbocycles. The van der Waals surface area contributed by atoms with E-state index in [4.69, 9.17) is 44.0 Å². The quantitative estimate of drug-likeness (QED) is 0.432. The van der Waals surface area contributed by atoms with Gasteiger partial charge < -0.3 is 9.15 Å². The van der Waals surface area contributed by atoms with E-state index in [-0.39, 0.29) is 0 Å². The van der Waals surface area contributed by atoms with Crippen LogP contribution in [0.1, 0.15) is 24.5 Å². The first kappa shape index (κ1) is 18.4. The van der Waals surface area contributed by atoms with Crippen LogP contribution in [0.3, 0.4) is 0 Å². The number of hydrogen-bond donors (Lipinski definition) is 0. The molecule has 0 saturated carbocycles. The van der Waals surface area contributed by atoms with Crippen LogP contribution in [0.25, 0.3) is 0 Å². The minimum Gasteiger partial charge on any atom is -0.479 e. The smallest absolute Gasteiger partial charge is 0.277 e. The number of halogens is 3. The minimum atomic E-state index is -0.434. The van der Waals surface area contributed by atoms with Crippen LogP contribution in [-0.4, -0.2) is 10.2 Å². The van der Waals surface area contributed by atoms with E-state index >= 15 is 0 Å². The molecule has 0 amide bonds. The maximum Gasteiger partial charge on any atom is 0.277 e. The van der Waals surface area contributed by atoms with Gasteiger partial charge >= 0.3 is 0 Å². The summed E-state index contributed by atoms with van der Waals surface area (Å²) in [6.07, 6.45) is -0.434. The molecule has 1 atom stereocenters. The lowest BCUT2D eigenvalue weighted by Gasteiger charge is -2.12. The van der Waals surface area contributed by atoms with Crippen LogP contribution in [0.15, 0.2) is 52.1 Å². The molecule has 25 heavy (non-hydrogen) atoms. The molecule has 0 N–H and O–H groups in total. The van der Waals surface area contributed by atoms with Gasteiger partial charge in [0.1, 0.15) is 5.75 Å². The minimum absolute atomic E-state index is 0.379. The summed E-state index contributed by atoms with van der Waals surface area (Å²) in [5.74, 6) is 1.59. The van der Waals surface area contributed by atoms with Gasteiger partial charge in [0.2, 0.25) is 0 Å². The number of rotatable bonds is 6. The largest absolute Gasteiger partial charge is 0.479 e. The zero-order valence-corrected chi connectivity index (χ0v) is 16.2. The molecule has 3 aromatic rings. The monoisotopic (exact) mass is 414 g/mol. The summed E-state index contributed by atoms with van der Waals surface area (Å²) in [4.78, 5) is 0. The van der Waals surface area contributed by atoms with Crippen LogP contribution >= 0.6 is 46.6 Å². The lowest BCUT2D eigenvalue weighted by atomic mass is 10.2. The third-order valence-corrected chi connectivity index (χ3v) is 4.92. The van der Waals surface area contributed by atoms with Crippen LogP contribution in [0, 0.1) is 0 Å². The lowest BCUT2D eigenvalue weighted by molar-refractivity contribution is 0.182. The summed E-state index contributed by atoms with van der Waals surface area (Å²) >= 11 is 19.3. The number of hydrogen-bond acceptors (Lipinski definition) is 5. The Bertz CT molecular complexity index is 855. The van der Waals surface area contributed by atoms with Crippen molar-refractivity contribution in [3.05, 3.63) is 69.0 Å². The van der Waals surface area contributed by atoms with Gasteiger partial charge in [-0.3, -0.25) is 0 Å². The second-order valence-electron chi connectivity index (χ2n) is 5.16. The Morgan fingerprint density at radius 1 is 1.04 bits per heavy atom. The van der Waals surface area contributed by atoms with Crippen LogP contribution < -0.4 is 4.74 Å². The summed E-state index contributed by atoms with van der Waals surface area (Å²) in [5.41, 5.74) is 1.12. The standard InChI is InChI=1S/C17H13Cl3N2O2S/c1-10(23-15-7-6-13(19)8-14(15)20)16-21-22-17(24-16)25-9-11-2-4-12(18)5-3-11/h2-8,10H,9H2,1H3/t10-/m1/s1. The molecule has 1 heterocycles. The number of aromatic nitrogens is 2. The number of thioether (sulfide) groups is 1. The number of nitrogens with zero attached hydrogens (tertiary/aromatic N) is 2. The SMILES string of the molecule is C[C@@H](Oc1ccc(Cl)cc1Cl)c1nnc(SCc2ccc(Cl)cc2)o1. The van der Waals surface area contributed by atoms with Crippen molar-refractivity contribution in [3.63, 3.8) is 0 Å². The van der Waals surface area contributed by atoms with Crippen molar-refractivity contribution >= 4 is 46.6 Å². The van der Waals surface area contributed by atoms with Gasteiger partial charge in [0.05, 0.1) is 5.02 Å². The molecule has 3 rings (SSSR count). The Balaban J connectivity index is 1.61. The third-order valence-electron chi connectivity index (χ3n) is 3.24. The molecular weight excluding hydrogens is 403 g/mol. The second kappa shape index (κ2) is 8.32. The van der Waals surface area contributed by atoms with Gasteiger partial charge in [-0.05, 0) is 42.8 Å². The molecule has 1 aromatic heterocycles. The maximum absolute atomic E-state index is 6.11. The Kier molecular flexibility index (Phi) is 6.12. The Labute approximate surface area is 164 Å². The average Bonchev–Trinajstić information content (AvgIpc) is 3.06. The fraction of sp³-hybridized carbons (Fsp3) is 0.176. The first-order chi connectivity index (χ1) is 12.0. The van der Waals surface area contributed by atoms with E-state index in [1.54, 1.807) is 18.2 Å². The van der Waals surface area contributed by atoms with Gasteiger partial charge in [0.15, 0.2) is 6.10 Å². The number of ether oxygens (including phenoxy) is 1. The Morgan fingerprint density at radius 2 is 1.76 bits per heavy atom. The molecule has 0 aliphatic rings. The first-order valence-corrected chi connectivity index (χ1v) is 9.45. The third kappa shape index (κ3) is 5.05. The van der Waals surface area contributed by atoms with E-state index in [0.717, 1.165) is 5.56 Å². The van der Waals surface area contributed by atoms with Crippen molar-refractivity contribution in [1.29, 1.82) is 0 Å². The highest BCUT2D eigenvalue weighted by molar-refractivity contribution is 7.98. The highest BCUT2D eigenvalue weighted by atomic mass is 35.5.